The molecule has 1 atom stereocenters. The second-order valence-corrected chi connectivity index (χ2v) is 12.2. The molecule has 2 aromatic heterocycles. The van der Waals surface area contributed by atoms with Crippen molar-refractivity contribution in [2.45, 2.75) is 37.6 Å². The Morgan fingerprint density at radius 2 is 2.00 bits per heavy atom. The smallest absolute Gasteiger partial charge is 0.306 e. The van der Waals surface area contributed by atoms with E-state index in [-0.39, 0.29) is 29.7 Å². The van der Waals surface area contributed by atoms with Gasteiger partial charge in [-0.3, -0.25) is 13.4 Å². The lowest BCUT2D eigenvalue weighted by molar-refractivity contribution is -0.143. The van der Waals surface area contributed by atoms with Gasteiger partial charge in [-0.05, 0) is 61.2 Å². The summed E-state index contributed by atoms with van der Waals surface area (Å²) < 4.78 is 45.7. The Balaban J connectivity index is 1.49. The highest BCUT2D eigenvalue weighted by atomic mass is 127. The fourth-order valence-corrected chi connectivity index (χ4v) is 7.13. The molecule has 0 bridgehead atoms. The van der Waals surface area contributed by atoms with E-state index >= 15 is 8.78 Å². The van der Waals surface area contributed by atoms with Gasteiger partial charge in [-0.2, -0.15) is 5.10 Å². The Bertz CT molecular complexity index is 1810. The first kappa shape index (κ1) is 32.2. The van der Waals surface area contributed by atoms with E-state index in [1.807, 2.05) is 40.5 Å². The van der Waals surface area contributed by atoms with Gasteiger partial charge in [-0.1, -0.05) is 46.3 Å². The van der Waals surface area contributed by atoms with Crippen molar-refractivity contribution in [3.8, 4) is 22.8 Å². The number of hydrogen-bond donors (Lipinski definition) is 0. The van der Waals surface area contributed by atoms with Crippen molar-refractivity contribution in [2.75, 3.05) is 6.61 Å². The zero-order valence-electron chi connectivity index (χ0n) is 23.8. The van der Waals surface area contributed by atoms with E-state index in [1.54, 1.807) is 36.0 Å². The molecule has 1 unspecified atom stereocenters. The molecule has 11 heteroatoms. The summed E-state index contributed by atoms with van der Waals surface area (Å²) in [5.74, 6) is -0.845. The zero-order chi connectivity index (χ0) is 31.2. The largest absolute Gasteiger partial charge is 0.466 e. The minimum absolute atomic E-state index is 0.0841. The third kappa shape index (κ3) is 6.89. The van der Waals surface area contributed by atoms with Crippen LogP contribution in [0.15, 0.2) is 85.7 Å². The molecule has 0 aliphatic rings. The van der Waals surface area contributed by atoms with Crippen molar-refractivity contribution in [1.82, 2.24) is 13.8 Å². The van der Waals surface area contributed by atoms with E-state index in [4.69, 9.17) is 9.47 Å². The molecule has 0 saturated heterocycles. The number of carbonyl (C=O) groups is 1. The van der Waals surface area contributed by atoms with Gasteiger partial charge in [0.15, 0.2) is 11.6 Å². The van der Waals surface area contributed by atoms with Gasteiger partial charge in [0.1, 0.15) is 11.6 Å². The number of carbonyl (C=O) groups excluding carboxylic acids is 1. The molecular formula is C33H29BrF2IN3O3S. The lowest BCUT2D eigenvalue weighted by Gasteiger charge is -2.21. The van der Waals surface area contributed by atoms with Gasteiger partial charge < -0.3 is 9.47 Å². The highest BCUT2D eigenvalue weighted by molar-refractivity contribution is 14.2. The quantitative estimate of drug-likeness (QED) is 0.0515. The van der Waals surface area contributed by atoms with Gasteiger partial charge in [0.2, 0.25) is 0 Å². The van der Waals surface area contributed by atoms with Crippen molar-refractivity contribution in [3.05, 3.63) is 114 Å². The average Bonchev–Trinajstić information content (AvgIpc) is 3.67. The SMILES string of the molecule is C=CCC(c1cccc(CCC(=O)OCC)c1)n1nccc1-c1cc(Oc2c(F)cc3c(ccn3SI)c2CBr)ccc1F. The highest BCUT2D eigenvalue weighted by Crippen LogP contribution is 2.39. The van der Waals surface area contributed by atoms with Crippen molar-refractivity contribution in [1.29, 1.82) is 0 Å². The number of alkyl halides is 1. The Kier molecular flexibility index (Phi) is 10.8. The van der Waals surface area contributed by atoms with Crippen LogP contribution in [0.4, 0.5) is 8.78 Å². The zero-order valence-corrected chi connectivity index (χ0v) is 28.4. The van der Waals surface area contributed by atoms with Crippen LogP contribution in [0.1, 0.15) is 42.5 Å². The average molecular weight is 792 g/mol. The molecule has 44 heavy (non-hydrogen) atoms. The van der Waals surface area contributed by atoms with Gasteiger partial charge in [-0.25, -0.2) is 8.78 Å². The van der Waals surface area contributed by atoms with Crippen LogP contribution in [0.2, 0.25) is 0 Å². The first-order valence-electron chi connectivity index (χ1n) is 13.9. The summed E-state index contributed by atoms with van der Waals surface area (Å²) in [4.78, 5) is 11.9. The summed E-state index contributed by atoms with van der Waals surface area (Å²) in [5.41, 5.74) is 4.12. The molecule has 5 aromatic rings. The maximum Gasteiger partial charge on any atom is 0.306 e. The molecule has 6 nitrogen and oxygen atoms in total. The van der Waals surface area contributed by atoms with Crippen molar-refractivity contribution >= 4 is 63.1 Å². The van der Waals surface area contributed by atoms with Gasteiger partial charge >= 0.3 is 5.97 Å². The van der Waals surface area contributed by atoms with Gasteiger partial charge in [0, 0.05) is 77.0 Å². The minimum Gasteiger partial charge on any atom is -0.466 e. The number of ether oxygens (including phenoxy) is 2. The number of aryl methyl sites for hydroxylation is 1. The first-order valence-corrected chi connectivity index (χ1v) is 18.4. The van der Waals surface area contributed by atoms with E-state index in [9.17, 15) is 4.79 Å². The van der Waals surface area contributed by atoms with Gasteiger partial charge in [0.05, 0.1) is 23.9 Å². The fraction of sp³-hybridized carbons (Fsp3) is 0.212. The predicted molar refractivity (Wildman–Crippen MR) is 184 cm³/mol. The maximum absolute atomic E-state index is 15.4. The molecule has 2 heterocycles. The van der Waals surface area contributed by atoms with Crippen LogP contribution in [0.5, 0.6) is 11.5 Å². The second-order valence-electron chi connectivity index (χ2n) is 9.94. The van der Waals surface area contributed by atoms with Gasteiger partial charge in [0.25, 0.3) is 0 Å². The highest BCUT2D eigenvalue weighted by Gasteiger charge is 2.22. The van der Waals surface area contributed by atoms with Crippen LogP contribution in [0.3, 0.4) is 0 Å². The lowest BCUT2D eigenvalue weighted by atomic mass is 9.98. The van der Waals surface area contributed by atoms with Crippen molar-refractivity contribution in [3.63, 3.8) is 0 Å². The summed E-state index contributed by atoms with van der Waals surface area (Å²) in [6, 6.07) is 17.1. The topological polar surface area (TPSA) is 58.3 Å². The molecule has 0 spiro atoms. The molecule has 0 saturated carbocycles. The molecule has 0 amide bonds. The van der Waals surface area contributed by atoms with E-state index in [1.165, 1.54) is 27.3 Å². The molecule has 0 aliphatic carbocycles. The first-order chi connectivity index (χ1) is 21.4. The number of fused-ring (bicyclic) bond motifs is 1. The van der Waals surface area contributed by atoms with Gasteiger partial charge in [-0.15, -0.1) is 6.58 Å². The minimum atomic E-state index is -0.512. The molecule has 5 rings (SSSR count). The van der Waals surface area contributed by atoms with Crippen LogP contribution in [0, 0.1) is 11.6 Å². The van der Waals surface area contributed by atoms with E-state index in [0.717, 1.165) is 22.0 Å². The van der Waals surface area contributed by atoms with Crippen LogP contribution in [-0.2, 0) is 21.3 Å². The summed E-state index contributed by atoms with van der Waals surface area (Å²) in [7, 11) is 1.45. The monoisotopic (exact) mass is 791 g/mol. The third-order valence-corrected chi connectivity index (χ3v) is 9.53. The van der Waals surface area contributed by atoms with Crippen molar-refractivity contribution in [2.24, 2.45) is 0 Å². The Morgan fingerprint density at radius 3 is 2.75 bits per heavy atom. The Hall–Kier alpha value is -3.16. The fourth-order valence-electron chi connectivity index (χ4n) is 5.21. The van der Waals surface area contributed by atoms with E-state index < -0.39 is 11.6 Å². The summed E-state index contributed by atoms with van der Waals surface area (Å²) in [5, 5.41) is 5.80. The summed E-state index contributed by atoms with van der Waals surface area (Å²) >= 11 is 5.64. The molecule has 0 radical (unpaired) electrons. The molecular weight excluding hydrogens is 763 g/mol. The number of aromatic nitrogens is 3. The lowest BCUT2D eigenvalue weighted by Crippen LogP contribution is -2.14. The van der Waals surface area contributed by atoms with Crippen molar-refractivity contribution < 1.29 is 23.0 Å². The number of benzene rings is 3. The summed E-state index contributed by atoms with van der Waals surface area (Å²) in [6.45, 7) is 6.06. The number of rotatable bonds is 13. The van der Waals surface area contributed by atoms with Crippen LogP contribution >= 0.6 is 46.3 Å². The van der Waals surface area contributed by atoms with E-state index in [2.05, 4.69) is 48.8 Å². The second kappa shape index (κ2) is 14.7. The van der Waals surface area contributed by atoms with Crippen LogP contribution in [-0.4, -0.2) is 26.3 Å². The van der Waals surface area contributed by atoms with E-state index in [0.29, 0.717) is 41.8 Å². The maximum atomic E-state index is 15.4. The number of nitrogens with zero attached hydrogens (tertiary/aromatic N) is 3. The molecule has 0 fully saturated rings. The number of hydrogen-bond acceptors (Lipinski definition) is 5. The normalized spacial score (nSPS) is 11.9. The molecule has 3 aromatic carbocycles. The third-order valence-electron chi connectivity index (χ3n) is 7.23. The molecule has 228 valence electrons. The molecule has 0 aliphatic heterocycles. The number of esters is 1. The Labute approximate surface area is 279 Å². The van der Waals surface area contributed by atoms with Crippen LogP contribution < -0.4 is 4.74 Å². The van der Waals surface area contributed by atoms with Crippen LogP contribution in [0.25, 0.3) is 22.2 Å². The standard InChI is InChI=1S/C33H29BrF2IN3O3S/c1-3-6-29(22-8-5-7-21(17-22)9-12-32(41)42-4-2)40-30(13-15-38-40)25-18-23(10-11-27(25)35)43-33-26(20-34)24-14-16-39(44-37)31(24)19-28(33)36/h3,5,7-8,10-11,13-19,29H,1,4,6,9,12,20H2,2H3. The number of halogens is 4. The predicted octanol–water partition coefficient (Wildman–Crippen LogP) is 9.98. The Morgan fingerprint density at radius 1 is 1.16 bits per heavy atom. The number of allylic oxidation sites excluding steroid dienone is 1. The molecule has 0 N–H and O–H groups in total. The summed E-state index contributed by atoms with van der Waals surface area (Å²) in [6.07, 6.45) is 6.64.